The molecule has 7 nitrogen and oxygen atoms in total. The number of carbonyl (C=O) groups excluding carboxylic acids is 2. The van der Waals surface area contributed by atoms with Crippen LogP contribution in [0, 0.1) is 5.82 Å². The van der Waals surface area contributed by atoms with Crippen LogP contribution < -0.4 is 0 Å². The van der Waals surface area contributed by atoms with Gasteiger partial charge in [-0.25, -0.2) is 4.39 Å². The SMILES string of the molecule is CCN(CC)C(=O)c1cn[nH]c1C1CCCCN1C(=O)c1cc2c(F)cccc2[nH]1. The number of hydrogen-bond donors (Lipinski definition) is 2. The predicted octanol–water partition coefficient (Wildman–Crippen LogP) is 3.88. The smallest absolute Gasteiger partial charge is 0.270 e. The number of benzene rings is 1. The zero-order valence-electron chi connectivity index (χ0n) is 17.2. The van der Waals surface area contributed by atoms with Gasteiger partial charge in [0.2, 0.25) is 0 Å². The number of H-pyrrole nitrogens is 2. The summed E-state index contributed by atoms with van der Waals surface area (Å²) >= 11 is 0. The third-order valence-corrected chi connectivity index (χ3v) is 5.89. The number of hydrogen-bond acceptors (Lipinski definition) is 3. The number of aromatic nitrogens is 3. The van der Waals surface area contributed by atoms with E-state index in [9.17, 15) is 14.0 Å². The Kier molecular flexibility index (Phi) is 5.57. The third kappa shape index (κ3) is 3.46. The Morgan fingerprint density at radius 3 is 2.80 bits per heavy atom. The van der Waals surface area contributed by atoms with Gasteiger partial charge in [-0.1, -0.05) is 6.07 Å². The van der Waals surface area contributed by atoms with Gasteiger partial charge in [0, 0.05) is 30.5 Å². The molecule has 1 saturated heterocycles. The molecule has 2 N–H and O–H groups in total. The van der Waals surface area contributed by atoms with Crippen LogP contribution in [0.5, 0.6) is 0 Å². The number of fused-ring (bicyclic) bond motifs is 1. The summed E-state index contributed by atoms with van der Waals surface area (Å²) in [5.74, 6) is -0.654. The summed E-state index contributed by atoms with van der Waals surface area (Å²) in [6, 6.07) is 6.03. The van der Waals surface area contributed by atoms with E-state index >= 15 is 0 Å². The number of carbonyl (C=O) groups is 2. The Morgan fingerprint density at radius 1 is 1.27 bits per heavy atom. The highest BCUT2D eigenvalue weighted by atomic mass is 19.1. The summed E-state index contributed by atoms with van der Waals surface area (Å²) < 4.78 is 14.1. The molecular weight excluding hydrogens is 385 g/mol. The molecule has 1 aliphatic heterocycles. The van der Waals surface area contributed by atoms with Crippen LogP contribution in [0.3, 0.4) is 0 Å². The topological polar surface area (TPSA) is 85.1 Å². The molecule has 1 fully saturated rings. The number of halogens is 1. The van der Waals surface area contributed by atoms with Crippen molar-refractivity contribution in [1.29, 1.82) is 0 Å². The van der Waals surface area contributed by atoms with Gasteiger partial charge in [0.05, 0.1) is 23.5 Å². The van der Waals surface area contributed by atoms with Crippen molar-refractivity contribution in [2.24, 2.45) is 0 Å². The van der Waals surface area contributed by atoms with Crippen molar-refractivity contribution in [3.63, 3.8) is 0 Å². The quantitative estimate of drug-likeness (QED) is 0.668. The number of piperidine rings is 1. The summed E-state index contributed by atoms with van der Waals surface area (Å²) in [7, 11) is 0. The molecule has 8 heteroatoms. The van der Waals surface area contributed by atoms with Crippen LogP contribution in [0.4, 0.5) is 4.39 Å². The fourth-order valence-corrected chi connectivity index (χ4v) is 4.26. The summed E-state index contributed by atoms with van der Waals surface area (Å²) in [5, 5.41) is 7.48. The molecule has 1 aliphatic rings. The Labute approximate surface area is 174 Å². The maximum absolute atomic E-state index is 14.1. The lowest BCUT2D eigenvalue weighted by Crippen LogP contribution is -2.40. The fourth-order valence-electron chi connectivity index (χ4n) is 4.26. The second-order valence-corrected chi connectivity index (χ2v) is 7.57. The van der Waals surface area contributed by atoms with E-state index in [2.05, 4.69) is 15.2 Å². The number of nitrogens with one attached hydrogen (secondary N) is 2. The molecule has 1 unspecified atom stereocenters. The lowest BCUT2D eigenvalue weighted by molar-refractivity contribution is 0.0592. The minimum atomic E-state index is -0.362. The van der Waals surface area contributed by atoms with Crippen LogP contribution in [-0.2, 0) is 0 Å². The second-order valence-electron chi connectivity index (χ2n) is 7.57. The number of rotatable bonds is 5. The molecule has 3 aromatic rings. The van der Waals surface area contributed by atoms with Gasteiger partial charge in [0.15, 0.2) is 0 Å². The normalized spacial score (nSPS) is 16.8. The van der Waals surface area contributed by atoms with Gasteiger partial charge in [-0.2, -0.15) is 5.10 Å². The summed E-state index contributed by atoms with van der Waals surface area (Å²) in [6.45, 7) is 5.65. The summed E-state index contributed by atoms with van der Waals surface area (Å²) in [4.78, 5) is 32.8. The van der Waals surface area contributed by atoms with E-state index in [4.69, 9.17) is 0 Å². The molecule has 158 valence electrons. The van der Waals surface area contributed by atoms with Gasteiger partial charge in [-0.15, -0.1) is 0 Å². The number of amides is 2. The molecule has 0 spiro atoms. The fraction of sp³-hybridized carbons (Fsp3) is 0.409. The first-order valence-electron chi connectivity index (χ1n) is 10.5. The Bertz CT molecular complexity index is 1070. The average Bonchev–Trinajstić information content (AvgIpc) is 3.42. The molecule has 4 rings (SSSR count). The van der Waals surface area contributed by atoms with Gasteiger partial charge < -0.3 is 14.8 Å². The van der Waals surface area contributed by atoms with Crippen LogP contribution in [0.25, 0.3) is 10.9 Å². The van der Waals surface area contributed by atoms with Crippen LogP contribution in [0.1, 0.15) is 65.7 Å². The second kappa shape index (κ2) is 8.30. The van der Waals surface area contributed by atoms with Crippen molar-refractivity contribution in [1.82, 2.24) is 25.0 Å². The van der Waals surface area contributed by atoms with Crippen LogP contribution in [0.15, 0.2) is 30.5 Å². The molecule has 0 bridgehead atoms. The molecule has 0 radical (unpaired) electrons. The molecule has 0 saturated carbocycles. The lowest BCUT2D eigenvalue weighted by Gasteiger charge is -2.35. The van der Waals surface area contributed by atoms with Crippen LogP contribution in [-0.4, -0.2) is 56.4 Å². The van der Waals surface area contributed by atoms with Crippen LogP contribution in [0.2, 0.25) is 0 Å². The van der Waals surface area contributed by atoms with E-state index in [1.54, 1.807) is 34.2 Å². The molecule has 2 amide bonds. The van der Waals surface area contributed by atoms with Crippen molar-refractivity contribution in [2.75, 3.05) is 19.6 Å². The molecule has 0 aliphatic carbocycles. The third-order valence-electron chi connectivity index (χ3n) is 5.89. The first-order valence-corrected chi connectivity index (χ1v) is 10.5. The number of aromatic amines is 2. The first-order chi connectivity index (χ1) is 14.5. The van der Waals surface area contributed by atoms with Gasteiger partial charge in [-0.05, 0) is 51.3 Å². The Morgan fingerprint density at radius 2 is 2.07 bits per heavy atom. The highest BCUT2D eigenvalue weighted by Gasteiger charge is 2.34. The van der Waals surface area contributed by atoms with Gasteiger partial charge in [0.25, 0.3) is 11.8 Å². The zero-order valence-corrected chi connectivity index (χ0v) is 17.2. The molecular formula is C22H26FN5O2. The van der Waals surface area contributed by atoms with E-state index in [0.717, 1.165) is 19.3 Å². The Hall–Kier alpha value is -3.16. The van der Waals surface area contributed by atoms with Crippen molar-refractivity contribution < 1.29 is 14.0 Å². The van der Waals surface area contributed by atoms with E-state index in [0.29, 0.717) is 47.5 Å². The molecule has 1 aromatic carbocycles. The van der Waals surface area contributed by atoms with Gasteiger partial charge >= 0.3 is 0 Å². The largest absolute Gasteiger partial charge is 0.350 e. The average molecular weight is 411 g/mol. The van der Waals surface area contributed by atoms with E-state index < -0.39 is 0 Å². The maximum atomic E-state index is 14.1. The first kappa shape index (κ1) is 20.1. The maximum Gasteiger partial charge on any atom is 0.270 e. The lowest BCUT2D eigenvalue weighted by atomic mass is 9.96. The van der Waals surface area contributed by atoms with Crippen LogP contribution >= 0.6 is 0 Å². The van der Waals surface area contributed by atoms with Crippen molar-refractivity contribution in [3.05, 3.63) is 53.2 Å². The van der Waals surface area contributed by atoms with Gasteiger partial charge in [-0.3, -0.25) is 14.7 Å². The number of nitrogens with zero attached hydrogens (tertiary/aromatic N) is 3. The molecule has 3 heterocycles. The summed E-state index contributed by atoms with van der Waals surface area (Å²) in [6.07, 6.45) is 4.12. The number of likely N-dealkylation sites (tertiary alicyclic amines) is 1. The molecule has 30 heavy (non-hydrogen) atoms. The van der Waals surface area contributed by atoms with E-state index in [1.165, 1.54) is 6.07 Å². The van der Waals surface area contributed by atoms with Crippen molar-refractivity contribution in [3.8, 4) is 0 Å². The highest BCUT2D eigenvalue weighted by Crippen LogP contribution is 2.33. The van der Waals surface area contributed by atoms with Crippen molar-refractivity contribution in [2.45, 2.75) is 39.2 Å². The predicted molar refractivity (Wildman–Crippen MR) is 112 cm³/mol. The standard InChI is InChI=1S/C22H26FN5O2/c1-3-27(4-2)21(29)15-13-24-26-20(15)19-10-5-6-11-28(19)22(30)18-12-14-16(23)8-7-9-17(14)25-18/h7-9,12-13,19,25H,3-6,10-11H2,1-2H3,(H,24,26). The minimum absolute atomic E-state index is 0.0885. The minimum Gasteiger partial charge on any atom is -0.350 e. The van der Waals surface area contributed by atoms with Crippen molar-refractivity contribution >= 4 is 22.7 Å². The Balaban J connectivity index is 1.67. The molecule has 2 aromatic heterocycles. The van der Waals surface area contributed by atoms with E-state index in [-0.39, 0.29) is 23.7 Å². The highest BCUT2D eigenvalue weighted by molar-refractivity contribution is 5.99. The monoisotopic (exact) mass is 411 g/mol. The van der Waals surface area contributed by atoms with Gasteiger partial charge in [0.1, 0.15) is 11.5 Å². The summed E-state index contributed by atoms with van der Waals surface area (Å²) in [5.41, 5.74) is 2.11. The van der Waals surface area contributed by atoms with E-state index in [1.807, 2.05) is 13.8 Å². The zero-order chi connectivity index (χ0) is 21.3. The molecule has 1 atom stereocenters.